The molecule has 1 aromatic heterocycles. The molecule has 128 valence electrons. The van der Waals surface area contributed by atoms with E-state index in [-0.39, 0.29) is 12.5 Å². The van der Waals surface area contributed by atoms with E-state index in [1.54, 1.807) is 18.2 Å². The lowest BCUT2D eigenvalue weighted by molar-refractivity contribution is -0.118. The minimum atomic E-state index is -0.292. The molecule has 0 saturated heterocycles. The SMILES string of the molecule is Cc1cc(OCC(=O)Nc2nnc(-c3ccc(Cl)cc3)s2)ccc1Br. The van der Waals surface area contributed by atoms with Crippen LogP contribution in [-0.2, 0) is 4.79 Å². The molecule has 25 heavy (non-hydrogen) atoms. The molecule has 8 heteroatoms. The van der Waals surface area contributed by atoms with Crippen molar-refractivity contribution in [3.05, 3.63) is 57.5 Å². The minimum Gasteiger partial charge on any atom is -0.484 e. The Kier molecular flexibility index (Phi) is 5.67. The van der Waals surface area contributed by atoms with Gasteiger partial charge < -0.3 is 4.74 Å². The first-order valence-electron chi connectivity index (χ1n) is 7.29. The van der Waals surface area contributed by atoms with Crippen molar-refractivity contribution in [1.29, 1.82) is 0 Å². The third kappa shape index (κ3) is 4.78. The maximum absolute atomic E-state index is 12.0. The normalized spacial score (nSPS) is 10.5. The molecule has 0 unspecified atom stereocenters. The molecule has 0 aliphatic carbocycles. The lowest BCUT2D eigenvalue weighted by Crippen LogP contribution is -2.20. The molecule has 1 N–H and O–H groups in total. The van der Waals surface area contributed by atoms with E-state index in [4.69, 9.17) is 16.3 Å². The summed E-state index contributed by atoms with van der Waals surface area (Å²) in [6.07, 6.45) is 0. The van der Waals surface area contributed by atoms with Gasteiger partial charge in [0.25, 0.3) is 5.91 Å². The molecule has 0 atom stereocenters. The lowest BCUT2D eigenvalue weighted by atomic mass is 10.2. The van der Waals surface area contributed by atoms with Crippen LogP contribution in [0.4, 0.5) is 5.13 Å². The van der Waals surface area contributed by atoms with Crippen LogP contribution in [0, 0.1) is 6.92 Å². The van der Waals surface area contributed by atoms with Crippen LogP contribution >= 0.6 is 38.9 Å². The molecule has 0 aliphatic rings. The van der Waals surface area contributed by atoms with E-state index in [9.17, 15) is 4.79 Å². The molecule has 5 nitrogen and oxygen atoms in total. The van der Waals surface area contributed by atoms with E-state index >= 15 is 0 Å². The van der Waals surface area contributed by atoms with Crippen molar-refractivity contribution in [2.45, 2.75) is 6.92 Å². The van der Waals surface area contributed by atoms with Crippen LogP contribution in [0.25, 0.3) is 10.6 Å². The van der Waals surface area contributed by atoms with E-state index < -0.39 is 0 Å². The van der Waals surface area contributed by atoms with Gasteiger partial charge in [-0.3, -0.25) is 10.1 Å². The van der Waals surface area contributed by atoms with Gasteiger partial charge in [-0.05, 0) is 42.8 Å². The number of aromatic nitrogens is 2. The van der Waals surface area contributed by atoms with Crippen LogP contribution in [-0.4, -0.2) is 22.7 Å². The highest BCUT2D eigenvalue weighted by molar-refractivity contribution is 9.10. The van der Waals surface area contributed by atoms with Gasteiger partial charge in [-0.15, -0.1) is 10.2 Å². The second-order valence-electron chi connectivity index (χ2n) is 5.17. The molecule has 0 saturated carbocycles. The Balaban J connectivity index is 1.58. The molecular weight excluding hydrogens is 426 g/mol. The Morgan fingerprint density at radius 3 is 2.72 bits per heavy atom. The van der Waals surface area contributed by atoms with Crippen LogP contribution in [0.3, 0.4) is 0 Å². The predicted molar refractivity (Wildman–Crippen MR) is 103 cm³/mol. The molecule has 3 rings (SSSR count). The fourth-order valence-corrected chi connectivity index (χ4v) is 3.13. The third-order valence-electron chi connectivity index (χ3n) is 3.26. The standard InChI is InChI=1S/C17H13BrClN3O2S/c1-10-8-13(6-7-14(10)18)24-9-15(23)20-17-22-21-16(25-17)11-2-4-12(19)5-3-11/h2-8H,9H2,1H3,(H,20,22,23). The van der Waals surface area contributed by atoms with E-state index in [2.05, 4.69) is 31.4 Å². The summed E-state index contributed by atoms with van der Waals surface area (Å²) in [4.78, 5) is 12.0. The Bertz CT molecular complexity index is 899. The molecule has 1 heterocycles. The van der Waals surface area contributed by atoms with Crippen LogP contribution in [0.15, 0.2) is 46.9 Å². The highest BCUT2D eigenvalue weighted by atomic mass is 79.9. The number of carbonyl (C=O) groups excluding carboxylic acids is 1. The first-order chi connectivity index (χ1) is 12.0. The quantitative estimate of drug-likeness (QED) is 0.612. The van der Waals surface area contributed by atoms with Gasteiger partial charge in [0, 0.05) is 15.1 Å². The molecule has 0 radical (unpaired) electrons. The summed E-state index contributed by atoms with van der Waals surface area (Å²) in [6.45, 7) is 1.85. The largest absolute Gasteiger partial charge is 0.484 e. The molecule has 0 bridgehead atoms. The van der Waals surface area contributed by atoms with Gasteiger partial charge in [0.15, 0.2) is 6.61 Å². The van der Waals surface area contributed by atoms with Gasteiger partial charge in [-0.1, -0.05) is 51.0 Å². The van der Waals surface area contributed by atoms with Gasteiger partial charge in [0.2, 0.25) is 5.13 Å². The maximum Gasteiger partial charge on any atom is 0.264 e. The zero-order valence-corrected chi connectivity index (χ0v) is 16.3. The van der Waals surface area contributed by atoms with Gasteiger partial charge >= 0.3 is 0 Å². The van der Waals surface area contributed by atoms with Crippen LogP contribution in [0.1, 0.15) is 5.56 Å². The lowest BCUT2D eigenvalue weighted by Gasteiger charge is -2.07. The minimum absolute atomic E-state index is 0.100. The fourth-order valence-electron chi connectivity index (χ4n) is 1.99. The number of nitrogens with zero attached hydrogens (tertiary/aromatic N) is 2. The van der Waals surface area contributed by atoms with Crippen molar-refractivity contribution in [2.75, 3.05) is 11.9 Å². The summed E-state index contributed by atoms with van der Waals surface area (Å²) in [7, 11) is 0. The summed E-state index contributed by atoms with van der Waals surface area (Å²) < 4.78 is 6.48. The molecule has 0 fully saturated rings. The molecular formula is C17H13BrClN3O2S. The number of nitrogens with one attached hydrogen (secondary N) is 1. The van der Waals surface area contributed by atoms with Crippen LogP contribution in [0.5, 0.6) is 5.75 Å². The van der Waals surface area contributed by atoms with Crippen molar-refractivity contribution >= 4 is 49.9 Å². The zero-order chi connectivity index (χ0) is 17.8. The number of rotatable bonds is 5. The second kappa shape index (κ2) is 7.95. The number of ether oxygens (including phenoxy) is 1. The zero-order valence-electron chi connectivity index (χ0n) is 13.1. The average molecular weight is 439 g/mol. The molecule has 0 aliphatic heterocycles. The Hall–Kier alpha value is -1.96. The second-order valence-corrected chi connectivity index (χ2v) is 7.44. The number of halogens is 2. The molecule has 2 aromatic carbocycles. The number of anilines is 1. The summed E-state index contributed by atoms with van der Waals surface area (Å²) in [5, 5.41) is 12.5. The molecule has 0 spiro atoms. The van der Waals surface area contributed by atoms with Crippen molar-refractivity contribution in [3.63, 3.8) is 0 Å². The smallest absolute Gasteiger partial charge is 0.264 e. The first kappa shape index (κ1) is 17.8. The first-order valence-corrected chi connectivity index (χ1v) is 9.28. The Labute approximate surface area is 162 Å². The number of hydrogen-bond acceptors (Lipinski definition) is 5. The number of aryl methyl sites for hydroxylation is 1. The Morgan fingerprint density at radius 1 is 1.24 bits per heavy atom. The van der Waals surface area contributed by atoms with E-state index in [1.165, 1.54) is 11.3 Å². The topological polar surface area (TPSA) is 64.1 Å². The van der Waals surface area contributed by atoms with Crippen molar-refractivity contribution < 1.29 is 9.53 Å². The van der Waals surface area contributed by atoms with Crippen molar-refractivity contribution in [2.24, 2.45) is 0 Å². The van der Waals surface area contributed by atoms with Crippen molar-refractivity contribution in [1.82, 2.24) is 10.2 Å². The number of carbonyl (C=O) groups is 1. The number of benzene rings is 2. The fraction of sp³-hybridized carbons (Fsp3) is 0.118. The maximum atomic E-state index is 12.0. The van der Waals surface area contributed by atoms with Crippen LogP contribution < -0.4 is 10.1 Å². The number of amides is 1. The van der Waals surface area contributed by atoms with Crippen molar-refractivity contribution in [3.8, 4) is 16.3 Å². The highest BCUT2D eigenvalue weighted by Gasteiger charge is 2.10. The molecule has 1 amide bonds. The monoisotopic (exact) mass is 437 g/mol. The van der Waals surface area contributed by atoms with Crippen LogP contribution in [0.2, 0.25) is 5.02 Å². The summed E-state index contributed by atoms with van der Waals surface area (Å²) in [5.41, 5.74) is 1.93. The van der Waals surface area contributed by atoms with Gasteiger partial charge in [0.05, 0.1) is 0 Å². The van der Waals surface area contributed by atoms with Gasteiger partial charge in [-0.25, -0.2) is 0 Å². The van der Waals surface area contributed by atoms with Gasteiger partial charge in [-0.2, -0.15) is 0 Å². The van der Waals surface area contributed by atoms with E-state index in [1.807, 2.05) is 31.2 Å². The highest BCUT2D eigenvalue weighted by Crippen LogP contribution is 2.27. The summed E-state index contributed by atoms with van der Waals surface area (Å²) >= 11 is 10.6. The number of hydrogen-bond donors (Lipinski definition) is 1. The molecule has 3 aromatic rings. The summed E-state index contributed by atoms with van der Waals surface area (Å²) in [5.74, 6) is 0.342. The summed E-state index contributed by atoms with van der Waals surface area (Å²) in [6, 6.07) is 12.8. The van der Waals surface area contributed by atoms with Gasteiger partial charge in [0.1, 0.15) is 10.8 Å². The predicted octanol–water partition coefficient (Wildman–Crippen LogP) is 4.95. The Morgan fingerprint density at radius 2 is 2.00 bits per heavy atom. The van der Waals surface area contributed by atoms with E-state index in [0.717, 1.165) is 15.6 Å². The van der Waals surface area contributed by atoms with E-state index in [0.29, 0.717) is 20.9 Å². The average Bonchev–Trinajstić information content (AvgIpc) is 3.05. The third-order valence-corrected chi connectivity index (χ3v) is 5.29.